The lowest BCUT2D eigenvalue weighted by atomic mass is 9.97. The molecule has 0 bridgehead atoms. The average molecular weight is 399 g/mol. The van der Waals surface area contributed by atoms with Crippen molar-refractivity contribution in [2.24, 2.45) is 5.10 Å². The molecule has 152 valence electrons. The Hall–Kier alpha value is -3.42. The van der Waals surface area contributed by atoms with E-state index in [4.69, 9.17) is 9.47 Å². The molecule has 29 heavy (non-hydrogen) atoms. The minimum atomic E-state index is -1.33. The third-order valence-corrected chi connectivity index (χ3v) is 4.69. The Bertz CT molecular complexity index is 960. The predicted molar refractivity (Wildman–Crippen MR) is 101 cm³/mol. The van der Waals surface area contributed by atoms with Gasteiger partial charge in [0.25, 0.3) is 0 Å². The second-order valence-corrected chi connectivity index (χ2v) is 6.47. The van der Waals surface area contributed by atoms with Gasteiger partial charge in [-0.2, -0.15) is 5.10 Å². The SMILES string of the molecule is COc1ccc(C2=NN(C(=O)CCC(=O)[O-])[C@H](c3ccccc3F)C2)cc1OC. The van der Waals surface area contributed by atoms with E-state index >= 15 is 0 Å². The molecule has 0 unspecified atom stereocenters. The predicted octanol–water partition coefficient (Wildman–Crippen LogP) is 2.05. The van der Waals surface area contributed by atoms with Gasteiger partial charge in [-0.05, 0) is 30.7 Å². The van der Waals surface area contributed by atoms with Gasteiger partial charge in [-0.3, -0.25) is 4.79 Å². The molecule has 2 aromatic carbocycles. The van der Waals surface area contributed by atoms with Gasteiger partial charge in [-0.15, -0.1) is 0 Å². The summed E-state index contributed by atoms with van der Waals surface area (Å²) in [5, 5.41) is 16.3. The van der Waals surface area contributed by atoms with Crippen LogP contribution in [0.3, 0.4) is 0 Å². The molecule has 0 spiro atoms. The van der Waals surface area contributed by atoms with Gasteiger partial charge in [0.05, 0.1) is 26.0 Å². The van der Waals surface area contributed by atoms with E-state index in [1.807, 2.05) is 0 Å². The first-order valence-electron chi connectivity index (χ1n) is 9.00. The van der Waals surface area contributed by atoms with Crippen molar-refractivity contribution in [1.82, 2.24) is 5.01 Å². The molecule has 3 rings (SSSR count). The molecule has 0 radical (unpaired) electrons. The van der Waals surface area contributed by atoms with Crippen molar-refractivity contribution < 1.29 is 28.6 Å². The van der Waals surface area contributed by atoms with E-state index in [-0.39, 0.29) is 12.8 Å². The zero-order valence-corrected chi connectivity index (χ0v) is 16.1. The van der Waals surface area contributed by atoms with Crippen LogP contribution in [0.4, 0.5) is 4.39 Å². The lowest BCUT2D eigenvalue weighted by Crippen LogP contribution is -2.30. The summed E-state index contributed by atoms with van der Waals surface area (Å²) < 4.78 is 25.0. The number of hydrogen-bond donors (Lipinski definition) is 0. The van der Waals surface area contributed by atoms with Gasteiger partial charge in [0, 0.05) is 29.9 Å². The zero-order chi connectivity index (χ0) is 21.0. The molecule has 1 aliphatic heterocycles. The lowest BCUT2D eigenvalue weighted by molar-refractivity contribution is -0.305. The first kappa shape index (κ1) is 20.3. The van der Waals surface area contributed by atoms with Crippen molar-refractivity contribution >= 4 is 17.6 Å². The van der Waals surface area contributed by atoms with Gasteiger partial charge in [0.2, 0.25) is 5.91 Å². The van der Waals surface area contributed by atoms with E-state index in [0.717, 1.165) is 5.01 Å². The van der Waals surface area contributed by atoms with Gasteiger partial charge < -0.3 is 19.4 Å². The monoisotopic (exact) mass is 399 g/mol. The van der Waals surface area contributed by atoms with Crippen LogP contribution in [0.15, 0.2) is 47.6 Å². The molecule has 0 aromatic heterocycles. The Balaban J connectivity index is 1.96. The second-order valence-electron chi connectivity index (χ2n) is 6.47. The summed E-state index contributed by atoms with van der Waals surface area (Å²) in [7, 11) is 3.03. The van der Waals surface area contributed by atoms with Crippen LogP contribution >= 0.6 is 0 Å². The molecule has 8 heteroatoms. The second kappa shape index (κ2) is 8.72. The summed E-state index contributed by atoms with van der Waals surface area (Å²) in [6, 6.07) is 10.7. The molecule has 1 amide bonds. The summed E-state index contributed by atoms with van der Waals surface area (Å²) in [4.78, 5) is 23.3. The number of aliphatic carboxylic acids is 1. The third kappa shape index (κ3) is 4.37. The first-order chi connectivity index (χ1) is 13.9. The van der Waals surface area contributed by atoms with Gasteiger partial charge in [-0.1, -0.05) is 18.2 Å². The Morgan fingerprint density at radius 1 is 1.14 bits per heavy atom. The van der Waals surface area contributed by atoms with Gasteiger partial charge in [0.15, 0.2) is 11.5 Å². The topological polar surface area (TPSA) is 91.3 Å². The molecular weight excluding hydrogens is 379 g/mol. The van der Waals surface area contributed by atoms with Crippen LogP contribution in [-0.2, 0) is 9.59 Å². The molecule has 0 saturated carbocycles. The molecule has 7 nitrogen and oxygen atoms in total. The van der Waals surface area contributed by atoms with Crippen molar-refractivity contribution in [3.63, 3.8) is 0 Å². The largest absolute Gasteiger partial charge is 0.550 e. The van der Waals surface area contributed by atoms with Crippen LogP contribution in [0, 0.1) is 5.82 Å². The summed E-state index contributed by atoms with van der Waals surface area (Å²) in [6.45, 7) is 0. The Labute approximate surface area is 167 Å². The highest BCUT2D eigenvalue weighted by molar-refractivity contribution is 6.03. The Morgan fingerprint density at radius 2 is 1.86 bits per heavy atom. The maximum Gasteiger partial charge on any atom is 0.243 e. The number of hydrogen-bond acceptors (Lipinski definition) is 6. The normalized spacial score (nSPS) is 15.8. The molecule has 1 aliphatic rings. The van der Waals surface area contributed by atoms with Crippen LogP contribution in [0.25, 0.3) is 0 Å². The molecular formula is C21H20FN2O5-. The van der Waals surface area contributed by atoms with Crippen LogP contribution in [0.1, 0.15) is 36.4 Å². The fourth-order valence-electron chi connectivity index (χ4n) is 3.24. The van der Waals surface area contributed by atoms with Gasteiger partial charge in [-0.25, -0.2) is 9.40 Å². The molecule has 0 N–H and O–H groups in total. The number of benzene rings is 2. The van der Waals surface area contributed by atoms with Gasteiger partial charge >= 0.3 is 0 Å². The summed E-state index contributed by atoms with van der Waals surface area (Å²) in [5.41, 5.74) is 1.56. The molecule has 1 heterocycles. The van der Waals surface area contributed by atoms with Crippen molar-refractivity contribution in [3.8, 4) is 11.5 Å². The number of amides is 1. The van der Waals surface area contributed by atoms with Crippen molar-refractivity contribution in [3.05, 3.63) is 59.4 Å². The van der Waals surface area contributed by atoms with E-state index in [2.05, 4.69) is 5.10 Å². The van der Waals surface area contributed by atoms with E-state index in [9.17, 15) is 19.1 Å². The number of carboxylic acids is 1. The number of carbonyl (C=O) groups excluding carboxylic acids is 2. The first-order valence-corrected chi connectivity index (χ1v) is 9.00. The van der Waals surface area contributed by atoms with Crippen LogP contribution < -0.4 is 14.6 Å². The van der Waals surface area contributed by atoms with E-state index in [1.54, 1.807) is 36.4 Å². The summed E-state index contributed by atoms with van der Waals surface area (Å²) in [6.07, 6.45) is -0.440. The van der Waals surface area contributed by atoms with E-state index in [0.29, 0.717) is 28.3 Å². The fourth-order valence-corrected chi connectivity index (χ4v) is 3.24. The maximum atomic E-state index is 14.4. The molecule has 1 atom stereocenters. The minimum Gasteiger partial charge on any atom is -0.550 e. The van der Waals surface area contributed by atoms with Crippen LogP contribution in [0.5, 0.6) is 11.5 Å². The number of methoxy groups -OCH3 is 2. The summed E-state index contributed by atoms with van der Waals surface area (Å²) in [5.74, 6) is -1.26. The highest BCUT2D eigenvalue weighted by atomic mass is 19.1. The number of hydrazone groups is 1. The standard InChI is InChI=1S/C21H21FN2O5/c1-28-18-8-7-13(11-19(18)29-2)16-12-17(14-5-3-4-6-15(14)22)24(23-16)20(25)9-10-21(26)27/h3-8,11,17H,9-10,12H2,1-2H3,(H,26,27)/p-1/t17-/m0/s1. The zero-order valence-electron chi connectivity index (χ0n) is 16.1. The van der Waals surface area contributed by atoms with Gasteiger partial charge in [0.1, 0.15) is 5.82 Å². The minimum absolute atomic E-state index is 0.271. The molecule has 0 aliphatic carbocycles. The smallest absolute Gasteiger partial charge is 0.243 e. The number of halogens is 1. The van der Waals surface area contributed by atoms with Crippen LogP contribution in [0.2, 0.25) is 0 Å². The Kier molecular flexibility index (Phi) is 6.11. The van der Waals surface area contributed by atoms with Crippen molar-refractivity contribution in [1.29, 1.82) is 0 Å². The highest BCUT2D eigenvalue weighted by Gasteiger charge is 2.34. The Morgan fingerprint density at radius 3 is 2.52 bits per heavy atom. The number of nitrogens with zero attached hydrogens (tertiary/aromatic N) is 2. The number of rotatable bonds is 7. The summed E-state index contributed by atoms with van der Waals surface area (Å²) >= 11 is 0. The average Bonchev–Trinajstić information content (AvgIpc) is 3.17. The highest BCUT2D eigenvalue weighted by Crippen LogP contribution is 2.36. The molecule has 2 aromatic rings. The number of carboxylic acid groups (broad SMARTS) is 1. The third-order valence-electron chi connectivity index (χ3n) is 4.69. The maximum absolute atomic E-state index is 14.4. The van der Waals surface area contributed by atoms with E-state index in [1.165, 1.54) is 20.3 Å². The van der Waals surface area contributed by atoms with Crippen LogP contribution in [-0.4, -0.2) is 36.8 Å². The van der Waals surface area contributed by atoms with Crippen molar-refractivity contribution in [2.75, 3.05) is 14.2 Å². The van der Waals surface area contributed by atoms with Crippen molar-refractivity contribution in [2.45, 2.75) is 25.3 Å². The molecule has 0 saturated heterocycles. The fraction of sp³-hybridized carbons (Fsp3) is 0.286. The molecule has 0 fully saturated rings. The number of carbonyl (C=O) groups is 2. The lowest BCUT2D eigenvalue weighted by Gasteiger charge is -2.22. The van der Waals surface area contributed by atoms with E-state index < -0.39 is 30.2 Å². The number of ether oxygens (including phenoxy) is 2. The quantitative estimate of drug-likeness (QED) is 0.711.